The standard InChI is InChI=1S/C26H16F6N2O5S3/c27-25(28,29)14-5-12(6-15(8-14)26(30,31)32)13-7-17(41-11-13)10-20-22(37)34(24(40)42-20)4-3-21(36)33-16-1-2-18(23(38)39)19(35)9-16/h1-2,5-11,35H,3-4H2,(H,33,36)(H,38,39)/b20-10-. The summed E-state index contributed by atoms with van der Waals surface area (Å²) in [5.41, 5.74) is -3.31. The smallest absolute Gasteiger partial charge is 0.416 e. The Hall–Kier alpha value is -3.89. The Balaban J connectivity index is 1.45. The molecule has 16 heteroatoms. The summed E-state index contributed by atoms with van der Waals surface area (Å²) in [6, 6.07) is 6.08. The topological polar surface area (TPSA) is 107 Å². The van der Waals surface area contributed by atoms with Gasteiger partial charge < -0.3 is 15.5 Å². The van der Waals surface area contributed by atoms with E-state index >= 15 is 0 Å². The summed E-state index contributed by atoms with van der Waals surface area (Å²) in [6.07, 6.45) is -8.79. The van der Waals surface area contributed by atoms with Gasteiger partial charge in [0.05, 0.1) is 16.0 Å². The van der Waals surface area contributed by atoms with E-state index in [1.54, 1.807) is 0 Å². The Bertz CT molecular complexity index is 1600. The third kappa shape index (κ3) is 7.11. The molecule has 3 aromatic rings. The van der Waals surface area contributed by atoms with Gasteiger partial charge in [0.1, 0.15) is 15.6 Å². The Labute approximate surface area is 246 Å². The van der Waals surface area contributed by atoms with E-state index in [2.05, 4.69) is 5.32 Å². The summed E-state index contributed by atoms with van der Waals surface area (Å²) < 4.78 is 79.6. The van der Waals surface area contributed by atoms with Gasteiger partial charge in [-0.15, -0.1) is 11.3 Å². The SMILES string of the molecule is O=C(CCN1C(=O)/C(=C/c2cc(-c3cc(C(F)(F)F)cc(C(F)(F)F)c3)cs2)SC1=S)Nc1ccc(C(=O)O)c(O)c1. The zero-order valence-electron chi connectivity index (χ0n) is 20.7. The number of benzene rings is 2. The number of halogens is 6. The van der Waals surface area contributed by atoms with Crippen LogP contribution in [0.25, 0.3) is 17.2 Å². The molecular weight excluding hydrogens is 630 g/mol. The fourth-order valence-electron chi connectivity index (χ4n) is 3.75. The molecule has 0 radical (unpaired) electrons. The highest BCUT2D eigenvalue weighted by Gasteiger charge is 2.37. The van der Waals surface area contributed by atoms with Crippen molar-refractivity contribution in [3.05, 3.63) is 74.3 Å². The number of aromatic carboxylic acids is 1. The van der Waals surface area contributed by atoms with Gasteiger partial charge in [-0.05, 0) is 59.0 Å². The highest BCUT2D eigenvalue weighted by atomic mass is 32.2. The second kappa shape index (κ2) is 11.8. The van der Waals surface area contributed by atoms with Gasteiger partial charge in [0.15, 0.2) is 0 Å². The molecule has 2 amide bonds. The van der Waals surface area contributed by atoms with Crippen LogP contribution in [0.5, 0.6) is 5.75 Å². The lowest BCUT2D eigenvalue weighted by molar-refractivity contribution is -0.143. The van der Waals surface area contributed by atoms with Crippen molar-refractivity contribution >= 4 is 69.2 Å². The average molecular weight is 647 g/mol. The van der Waals surface area contributed by atoms with Crippen molar-refractivity contribution in [2.75, 3.05) is 11.9 Å². The maximum atomic E-state index is 13.2. The number of carboxylic acid groups (broad SMARTS) is 1. The van der Waals surface area contributed by atoms with Crippen molar-refractivity contribution < 1.29 is 50.9 Å². The first-order chi connectivity index (χ1) is 19.5. The number of carbonyl (C=O) groups excluding carboxylic acids is 2. The van der Waals surface area contributed by atoms with E-state index in [1.807, 2.05) is 0 Å². The first kappa shape index (κ1) is 31.1. The summed E-state index contributed by atoms with van der Waals surface area (Å²) in [7, 11) is 0. The second-order valence-electron chi connectivity index (χ2n) is 8.70. The molecule has 1 aliphatic heterocycles. The third-order valence-corrected chi connectivity index (χ3v) is 8.02. The Morgan fingerprint density at radius 1 is 0.976 bits per heavy atom. The number of carbonyl (C=O) groups is 3. The lowest BCUT2D eigenvalue weighted by Crippen LogP contribution is -2.31. The van der Waals surface area contributed by atoms with Crippen LogP contribution >= 0.6 is 35.3 Å². The van der Waals surface area contributed by atoms with Crippen molar-refractivity contribution in [2.24, 2.45) is 0 Å². The zero-order chi connectivity index (χ0) is 31.0. The summed E-state index contributed by atoms with van der Waals surface area (Å²) in [4.78, 5) is 37.9. The molecule has 2 heterocycles. The number of thiophene rings is 1. The maximum Gasteiger partial charge on any atom is 0.416 e. The molecule has 2 aromatic carbocycles. The van der Waals surface area contributed by atoms with Gasteiger partial charge in [-0.25, -0.2) is 4.79 Å². The van der Waals surface area contributed by atoms with E-state index in [-0.39, 0.29) is 50.6 Å². The number of hydrogen-bond donors (Lipinski definition) is 3. The molecule has 0 bridgehead atoms. The minimum Gasteiger partial charge on any atom is -0.507 e. The summed E-state index contributed by atoms with van der Waals surface area (Å²) in [6.45, 7) is -0.118. The number of rotatable bonds is 7. The van der Waals surface area contributed by atoms with E-state index in [9.17, 15) is 45.8 Å². The highest BCUT2D eigenvalue weighted by Crippen LogP contribution is 2.40. The van der Waals surface area contributed by atoms with Crippen LogP contribution in [-0.2, 0) is 21.9 Å². The highest BCUT2D eigenvalue weighted by molar-refractivity contribution is 8.26. The number of nitrogens with one attached hydrogen (secondary N) is 1. The molecule has 0 saturated carbocycles. The molecule has 0 unspecified atom stereocenters. The first-order valence-electron chi connectivity index (χ1n) is 11.5. The number of thiocarbonyl (C=S) groups is 1. The quantitative estimate of drug-likeness (QED) is 0.143. The first-order valence-corrected chi connectivity index (χ1v) is 13.6. The molecule has 1 aromatic heterocycles. The number of carboxylic acids is 1. The molecule has 1 aliphatic rings. The number of alkyl halides is 6. The van der Waals surface area contributed by atoms with Crippen LogP contribution in [0, 0.1) is 0 Å². The Kier molecular flexibility index (Phi) is 8.71. The molecule has 1 fully saturated rings. The summed E-state index contributed by atoms with van der Waals surface area (Å²) in [5, 5.41) is 22.5. The molecule has 42 heavy (non-hydrogen) atoms. The minimum atomic E-state index is -4.99. The van der Waals surface area contributed by atoms with Crippen LogP contribution in [-0.4, -0.2) is 43.8 Å². The Morgan fingerprint density at radius 3 is 2.19 bits per heavy atom. The lowest BCUT2D eigenvalue weighted by Gasteiger charge is -2.14. The predicted octanol–water partition coefficient (Wildman–Crippen LogP) is 7.09. The normalized spacial score (nSPS) is 15.0. The van der Waals surface area contributed by atoms with E-state index in [4.69, 9.17) is 17.3 Å². The number of anilines is 1. The number of amides is 2. The summed E-state index contributed by atoms with van der Waals surface area (Å²) in [5.74, 6) is -3.00. The van der Waals surface area contributed by atoms with Gasteiger partial charge in [0.25, 0.3) is 5.91 Å². The molecule has 0 spiro atoms. The number of thioether (sulfide) groups is 1. The van der Waals surface area contributed by atoms with Crippen molar-refractivity contribution in [2.45, 2.75) is 18.8 Å². The van der Waals surface area contributed by atoms with Crippen LogP contribution in [0.4, 0.5) is 32.0 Å². The molecular formula is C26H16F6N2O5S3. The fraction of sp³-hybridized carbons (Fsp3) is 0.154. The molecule has 7 nitrogen and oxygen atoms in total. The van der Waals surface area contributed by atoms with Gasteiger partial charge in [-0.1, -0.05) is 24.0 Å². The van der Waals surface area contributed by atoms with Gasteiger partial charge >= 0.3 is 18.3 Å². The van der Waals surface area contributed by atoms with Crippen molar-refractivity contribution in [3.63, 3.8) is 0 Å². The van der Waals surface area contributed by atoms with Gasteiger partial charge in [-0.2, -0.15) is 26.3 Å². The van der Waals surface area contributed by atoms with Crippen LogP contribution in [0.1, 0.15) is 32.8 Å². The minimum absolute atomic E-state index is 0.0430. The average Bonchev–Trinajstić information content (AvgIpc) is 3.45. The molecule has 0 aliphatic carbocycles. The molecule has 4 rings (SSSR count). The maximum absolute atomic E-state index is 13.2. The van der Waals surface area contributed by atoms with Gasteiger partial charge in [0, 0.05) is 29.6 Å². The third-order valence-electron chi connectivity index (χ3n) is 5.76. The number of phenols is 1. The zero-order valence-corrected chi connectivity index (χ0v) is 23.1. The van der Waals surface area contributed by atoms with Crippen LogP contribution in [0.3, 0.4) is 0 Å². The second-order valence-corrected chi connectivity index (χ2v) is 11.3. The Morgan fingerprint density at radius 2 is 1.62 bits per heavy atom. The van der Waals surface area contributed by atoms with Crippen LogP contribution in [0.2, 0.25) is 0 Å². The van der Waals surface area contributed by atoms with E-state index in [0.717, 1.165) is 40.1 Å². The van der Waals surface area contributed by atoms with E-state index < -0.39 is 47.0 Å². The molecule has 1 saturated heterocycles. The van der Waals surface area contributed by atoms with Crippen LogP contribution < -0.4 is 5.32 Å². The molecule has 3 N–H and O–H groups in total. The van der Waals surface area contributed by atoms with E-state index in [0.29, 0.717) is 17.0 Å². The van der Waals surface area contributed by atoms with Crippen molar-refractivity contribution in [1.82, 2.24) is 4.90 Å². The number of hydrogen-bond acceptors (Lipinski definition) is 7. The van der Waals surface area contributed by atoms with E-state index in [1.165, 1.54) is 23.6 Å². The van der Waals surface area contributed by atoms with Gasteiger partial charge in [0.2, 0.25) is 5.91 Å². The monoisotopic (exact) mass is 646 g/mol. The number of aromatic hydroxyl groups is 1. The lowest BCUT2D eigenvalue weighted by atomic mass is 10.0. The van der Waals surface area contributed by atoms with Gasteiger partial charge in [-0.3, -0.25) is 14.5 Å². The molecule has 0 atom stereocenters. The largest absolute Gasteiger partial charge is 0.507 e. The molecule has 220 valence electrons. The number of nitrogens with zero attached hydrogens (tertiary/aromatic N) is 1. The van der Waals surface area contributed by atoms with Crippen molar-refractivity contribution in [3.8, 4) is 16.9 Å². The predicted molar refractivity (Wildman–Crippen MR) is 148 cm³/mol. The summed E-state index contributed by atoms with van der Waals surface area (Å²) >= 11 is 7.14. The fourth-order valence-corrected chi connectivity index (χ4v) is 5.97. The van der Waals surface area contributed by atoms with Crippen molar-refractivity contribution in [1.29, 1.82) is 0 Å². The van der Waals surface area contributed by atoms with Crippen LogP contribution in [0.15, 0.2) is 52.7 Å².